The lowest BCUT2D eigenvalue weighted by molar-refractivity contribution is -0.152. The number of rotatable bonds is 5. The average molecular weight is 384 g/mol. The van der Waals surface area contributed by atoms with Crippen LogP contribution in [0.1, 0.15) is 24.0 Å². The van der Waals surface area contributed by atoms with Gasteiger partial charge in [-0.05, 0) is 30.5 Å². The molecule has 5 heteroatoms. The molecule has 0 unspecified atom stereocenters. The van der Waals surface area contributed by atoms with Gasteiger partial charge in [0, 0.05) is 29.8 Å². The second-order valence-electron chi connectivity index (χ2n) is 6.54. The van der Waals surface area contributed by atoms with Crippen molar-refractivity contribution in [1.29, 1.82) is 0 Å². The molecule has 0 atom stereocenters. The molecule has 0 aromatic heterocycles. The highest BCUT2D eigenvalue weighted by Gasteiger charge is 2.27. The molecule has 0 spiro atoms. The predicted octanol–water partition coefficient (Wildman–Crippen LogP) is 4.34. The topological polar surface area (TPSA) is 46.6 Å². The molecule has 140 valence electrons. The SMILES string of the molecule is O=C(OCc1ccccc1Cl)C1CCN(C(=O)/C=C/c2ccccc2)CC1. The summed E-state index contributed by atoms with van der Waals surface area (Å²) < 4.78 is 5.41. The second kappa shape index (κ2) is 9.38. The molecule has 4 nitrogen and oxygen atoms in total. The molecule has 3 rings (SSSR count). The fourth-order valence-electron chi connectivity index (χ4n) is 3.05. The largest absolute Gasteiger partial charge is 0.461 e. The van der Waals surface area contributed by atoms with E-state index in [9.17, 15) is 9.59 Å². The highest BCUT2D eigenvalue weighted by Crippen LogP contribution is 2.21. The predicted molar refractivity (Wildman–Crippen MR) is 106 cm³/mol. The molecule has 0 saturated carbocycles. The molecule has 1 saturated heterocycles. The molecule has 1 fully saturated rings. The van der Waals surface area contributed by atoms with Crippen molar-refractivity contribution in [1.82, 2.24) is 4.90 Å². The maximum absolute atomic E-state index is 12.3. The first-order chi connectivity index (χ1) is 13.1. The smallest absolute Gasteiger partial charge is 0.309 e. The Morgan fingerprint density at radius 3 is 2.41 bits per heavy atom. The maximum Gasteiger partial charge on any atom is 0.309 e. The summed E-state index contributed by atoms with van der Waals surface area (Å²) in [6.07, 6.45) is 4.64. The first-order valence-electron chi connectivity index (χ1n) is 9.05. The molecule has 0 bridgehead atoms. The van der Waals surface area contributed by atoms with Crippen LogP contribution in [0.2, 0.25) is 5.02 Å². The number of nitrogens with zero attached hydrogens (tertiary/aromatic N) is 1. The van der Waals surface area contributed by atoms with Gasteiger partial charge in [-0.15, -0.1) is 0 Å². The third kappa shape index (κ3) is 5.44. The molecule has 0 aliphatic carbocycles. The summed E-state index contributed by atoms with van der Waals surface area (Å²) >= 11 is 6.08. The van der Waals surface area contributed by atoms with Gasteiger partial charge in [-0.2, -0.15) is 0 Å². The van der Waals surface area contributed by atoms with E-state index in [0.29, 0.717) is 31.0 Å². The van der Waals surface area contributed by atoms with Gasteiger partial charge < -0.3 is 9.64 Å². The summed E-state index contributed by atoms with van der Waals surface area (Å²) in [5, 5.41) is 0.593. The highest BCUT2D eigenvalue weighted by molar-refractivity contribution is 6.31. The van der Waals surface area contributed by atoms with Gasteiger partial charge in [0.05, 0.1) is 5.92 Å². The van der Waals surface area contributed by atoms with Crippen molar-refractivity contribution in [2.45, 2.75) is 19.4 Å². The van der Waals surface area contributed by atoms with E-state index in [1.165, 1.54) is 0 Å². The van der Waals surface area contributed by atoms with E-state index in [4.69, 9.17) is 16.3 Å². The standard InChI is InChI=1S/C22H22ClNO3/c23-20-9-5-4-8-19(20)16-27-22(26)18-12-14-24(15-13-18)21(25)11-10-17-6-2-1-3-7-17/h1-11,18H,12-16H2/b11-10+. The molecule has 0 N–H and O–H groups in total. The zero-order chi connectivity index (χ0) is 19.1. The van der Waals surface area contributed by atoms with Crippen LogP contribution in [-0.2, 0) is 20.9 Å². The third-order valence-electron chi connectivity index (χ3n) is 4.69. The van der Waals surface area contributed by atoms with E-state index >= 15 is 0 Å². The summed E-state index contributed by atoms with van der Waals surface area (Å²) in [4.78, 5) is 26.4. The Hall–Kier alpha value is -2.59. The number of likely N-dealkylation sites (tertiary alicyclic amines) is 1. The summed E-state index contributed by atoms with van der Waals surface area (Å²) in [6.45, 7) is 1.30. The minimum absolute atomic E-state index is 0.0262. The number of carbonyl (C=O) groups is 2. The van der Waals surface area contributed by atoms with E-state index in [1.54, 1.807) is 17.0 Å². The second-order valence-corrected chi connectivity index (χ2v) is 6.95. The van der Waals surface area contributed by atoms with Gasteiger partial charge in [-0.3, -0.25) is 9.59 Å². The van der Waals surface area contributed by atoms with Crippen molar-refractivity contribution in [2.24, 2.45) is 5.92 Å². The van der Waals surface area contributed by atoms with E-state index in [1.807, 2.05) is 54.6 Å². The normalized spacial score (nSPS) is 15.1. The molecular weight excluding hydrogens is 362 g/mol. The van der Waals surface area contributed by atoms with Crippen molar-refractivity contribution in [2.75, 3.05) is 13.1 Å². The van der Waals surface area contributed by atoms with Gasteiger partial charge in [0.2, 0.25) is 5.91 Å². The van der Waals surface area contributed by atoms with Crippen LogP contribution >= 0.6 is 11.6 Å². The molecule has 1 aliphatic rings. The van der Waals surface area contributed by atoms with Gasteiger partial charge >= 0.3 is 5.97 Å². The van der Waals surface area contributed by atoms with E-state index in [2.05, 4.69) is 0 Å². The Morgan fingerprint density at radius 2 is 1.70 bits per heavy atom. The molecule has 27 heavy (non-hydrogen) atoms. The Labute approximate surface area is 164 Å². The van der Waals surface area contributed by atoms with Crippen LogP contribution in [0.4, 0.5) is 0 Å². The summed E-state index contributed by atoms with van der Waals surface area (Å²) in [5.41, 5.74) is 1.79. The quantitative estimate of drug-likeness (QED) is 0.570. The number of hydrogen-bond acceptors (Lipinski definition) is 3. The lowest BCUT2D eigenvalue weighted by Gasteiger charge is -2.30. The summed E-state index contributed by atoms with van der Waals surface area (Å²) in [7, 11) is 0. The Morgan fingerprint density at radius 1 is 1.04 bits per heavy atom. The number of ether oxygens (including phenoxy) is 1. The van der Waals surface area contributed by atoms with Gasteiger partial charge in [-0.25, -0.2) is 0 Å². The van der Waals surface area contributed by atoms with Crippen LogP contribution in [0.25, 0.3) is 6.08 Å². The van der Waals surface area contributed by atoms with Gasteiger partial charge in [0.1, 0.15) is 6.61 Å². The highest BCUT2D eigenvalue weighted by atomic mass is 35.5. The van der Waals surface area contributed by atoms with Crippen LogP contribution in [0, 0.1) is 5.92 Å². The molecule has 0 radical (unpaired) electrons. The molecule has 2 aromatic rings. The molecule has 1 aliphatic heterocycles. The molecule has 1 heterocycles. The number of hydrogen-bond donors (Lipinski definition) is 0. The Bertz CT molecular complexity index is 811. The third-order valence-corrected chi connectivity index (χ3v) is 5.05. The Kier molecular flexibility index (Phi) is 6.66. The van der Waals surface area contributed by atoms with E-state index in [0.717, 1.165) is 11.1 Å². The first kappa shape index (κ1) is 19.2. The number of esters is 1. The lowest BCUT2D eigenvalue weighted by Crippen LogP contribution is -2.39. The zero-order valence-electron chi connectivity index (χ0n) is 15.0. The van der Waals surface area contributed by atoms with Crippen LogP contribution in [0.5, 0.6) is 0 Å². The zero-order valence-corrected chi connectivity index (χ0v) is 15.8. The fraction of sp³-hybridized carbons (Fsp3) is 0.273. The average Bonchev–Trinajstić information content (AvgIpc) is 2.72. The minimum atomic E-state index is -0.221. The first-order valence-corrected chi connectivity index (χ1v) is 9.43. The number of piperidine rings is 1. The minimum Gasteiger partial charge on any atom is -0.461 e. The van der Waals surface area contributed by atoms with E-state index < -0.39 is 0 Å². The van der Waals surface area contributed by atoms with Crippen molar-refractivity contribution in [3.05, 3.63) is 76.8 Å². The van der Waals surface area contributed by atoms with Gasteiger partial charge in [0.15, 0.2) is 0 Å². The van der Waals surface area contributed by atoms with Gasteiger partial charge in [0.25, 0.3) is 0 Å². The number of carbonyl (C=O) groups excluding carboxylic acids is 2. The number of halogens is 1. The maximum atomic E-state index is 12.3. The molecule has 1 amide bonds. The van der Waals surface area contributed by atoms with E-state index in [-0.39, 0.29) is 24.4 Å². The Balaban J connectivity index is 1.45. The summed E-state index contributed by atoms with van der Waals surface area (Å²) in [5.74, 6) is -0.418. The lowest BCUT2D eigenvalue weighted by atomic mass is 9.97. The number of amides is 1. The van der Waals surface area contributed by atoms with Crippen molar-refractivity contribution in [3.8, 4) is 0 Å². The van der Waals surface area contributed by atoms with Crippen LogP contribution in [-0.4, -0.2) is 29.9 Å². The monoisotopic (exact) mass is 383 g/mol. The van der Waals surface area contributed by atoms with Gasteiger partial charge in [-0.1, -0.05) is 60.1 Å². The molecule has 2 aromatic carbocycles. The van der Waals surface area contributed by atoms with Crippen LogP contribution in [0.3, 0.4) is 0 Å². The van der Waals surface area contributed by atoms with Crippen LogP contribution < -0.4 is 0 Å². The van der Waals surface area contributed by atoms with Crippen molar-refractivity contribution in [3.63, 3.8) is 0 Å². The van der Waals surface area contributed by atoms with Crippen molar-refractivity contribution < 1.29 is 14.3 Å². The van der Waals surface area contributed by atoms with Crippen LogP contribution in [0.15, 0.2) is 60.7 Å². The fourth-order valence-corrected chi connectivity index (χ4v) is 3.25. The summed E-state index contributed by atoms with van der Waals surface area (Å²) in [6, 6.07) is 17.0. The molecular formula is C22H22ClNO3. The van der Waals surface area contributed by atoms with Crippen molar-refractivity contribution >= 4 is 29.6 Å². The number of benzene rings is 2.